The lowest BCUT2D eigenvalue weighted by molar-refractivity contribution is -0.140. The lowest BCUT2D eigenvalue weighted by atomic mass is 10.2. The standard InChI is InChI=1S/C14H22N2O4S/c1-3-10-16(13-8-5-4-7-12(13)15)21(18,19)11-6-9-14(17)20-2/h4-5,7-8H,3,6,9-11,15H2,1-2H3. The van der Waals surface area contributed by atoms with Gasteiger partial charge in [-0.15, -0.1) is 0 Å². The number of methoxy groups -OCH3 is 1. The van der Waals surface area contributed by atoms with Gasteiger partial charge in [0.2, 0.25) is 10.0 Å². The molecule has 2 N–H and O–H groups in total. The molecule has 6 nitrogen and oxygen atoms in total. The fraction of sp³-hybridized carbons (Fsp3) is 0.500. The van der Waals surface area contributed by atoms with Gasteiger partial charge in [0.1, 0.15) is 0 Å². The molecule has 0 aliphatic rings. The summed E-state index contributed by atoms with van der Waals surface area (Å²) in [4.78, 5) is 11.1. The van der Waals surface area contributed by atoms with Gasteiger partial charge in [-0.3, -0.25) is 9.10 Å². The predicted molar refractivity (Wildman–Crippen MR) is 83.5 cm³/mol. The number of esters is 1. The van der Waals surface area contributed by atoms with Crippen LogP contribution in [0.1, 0.15) is 26.2 Å². The molecule has 0 radical (unpaired) electrons. The average molecular weight is 314 g/mol. The maximum Gasteiger partial charge on any atom is 0.305 e. The van der Waals surface area contributed by atoms with E-state index >= 15 is 0 Å². The summed E-state index contributed by atoms with van der Waals surface area (Å²) >= 11 is 0. The van der Waals surface area contributed by atoms with Crippen molar-refractivity contribution in [1.29, 1.82) is 0 Å². The van der Waals surface area contributed by atoms with Gasteiger partial charge in [-0.05, 0) is 25.0 Å². The second-order valence-corrected chi connectivity index (χ2v) is 6.64. The number of sulfonamides is 1. The van der Waals surface area contributed by atoms with Crippen molar-refractivity contribution in [2.75, 3.05) is 29.4 Å². The Kier molecular flexibility index (Phi) is 6.48. The predicted octanol–water partition coefficient (Wildman–Crippen LogP) is 1.77. The molecule has 118 valence electrons. The Bertz CT molecular complexity index is 572. The topological polar surface area (TPSA) is 89.7 Å². The molecule has 0 atom stereocenters. The number of carbonyl (C=O) groups is 1. The van der Waals surface area contributed by atoms with Crippen LogP contribution >= 0.6 is 0 Å². The normalized spacial score (nSPS) is 11.1. The van der Waals surface area contributed by atoms with Gasteiger partial charge in [-0.25, -0.2) is 8.42 Å². The molecule has 1 rings (SSSR count). The Hall–Kier alpha value is -1.76. The second kappa shape index (κ2) is 7.87. The first kappa shape index (κ1) is 17.3. The van der Waals surface area contributed by atoms with E-state index in [0.29, 0.717) is 24.3 Å². The summed E-state index contributed by atoms with van der Waals surface area (Å²) in [7, 11) is -2.24. The second-order valence-electron chi connectivity index (χ2n) is 4.63. The van der Waals surface area contributed by atoms with Crippen molar-refractivity contribution in [3.8, 4) is 0 Å². The van der Waals surface area contributed by atoms with Gasteiger partial charge in [0.15, 0.2) is 0 Å². The molecule has 0 amide bonds. The van der Waals surface area contributed by atoms with E-state index in [1.165, 1.54) is 11.4 Å². The third kappa shape index (κ3) is 4.93. The van der Waals surface area contributed by atoms with Crippen LogP contribution in [0.3, 0.4) is 0 Å². The van der Waals surface area contributed by atoms with Crippen molar-refractivity contribution < 1.29 is 17.9 Å². The molecule has 0 aromatic heterocycles. The third-order valence-electron chi connectivity index (χ3n) is 2.98. The summed E-state index contributed by atoms with van der Waals surface area (Å²) in [6.07, 6.45) is 0.979. The third-order valence-corrected chi connectivity index (χ3v) is 4.83. The number of benzene rings is 1. The van der Waals surface area contributed by atoms with Crippen LogP contribution in [0.5, 0.6) is 0 Å². The molecule has 0 aliphatic heterocycles. The summed E-state index contributed by atoms with van der Waals surface area (Å²) in [6.45, 7) is 2.25. The maximum atomic E-state index is 12.5. The van der Waals surface area contributed by atoms with E-state index in [4.69, 9.17) is 5.73 Å². The summed E-state index contributed by atoms with van der Waals surface area (Å²) in [5.41, 5.74) is 6.77. The highest BCUT2D eigenvalue weighted by Crippen LogP contribution is 2.26. The summed E-state index contributed by atoms with van der Waals surface area (Å²) in [5, 5.41) is 0. The molecule has 7 heteroatoms. The molecule has 0 spiro atoms. The first-order valence-electron chi connectivity index (χ1n) is 6.84. The van der Waals surface area contributed by atoms with Crippen molar-refractivity contribution in [2.45, 2.75) is 26.2 Å². The fourth-order valence-corrected chi connectivity index (χ4v) is 3.59. The van der Waals surface area contributed by atoms with E-state index in [1.54, 1.807) is 24.3 Å². The minimum Gasteiger partial charge on any atom is -0.469 e. The minimum absolute atomic E-state index is 0.0833. The number of anilines is 2. The summed E-state index contributed by atoms with van der Waals surface area (Å²) in [6, 6.07) is 6.86. The number of ether oxygens (including phenoxy) is 1. The molecule has 21 heavy (non-hydrogen) atoms. The number of nitrogen functional groups attached to an aromatic ring is 1. The smallest absolute Gasteiger partial charge is 0.305 e. The number of nitrogens with zero attached hydrogens (tertiary/aromatic N) is 1. The average Bonchev–Trinajstić information content (AvgIpc) is 2.45. The monoisotopic (exact) mass is 314 g/mol. The largest absolute Gasteiger partial charge is 0.469 e. The van der Waals surface area contributed by atoms with Gasteiger partial charge in [-0.1, -0.05) is 19.1 Å². The van der Waals surface area contributed by atoms with E-state index < -0.39 is 16.0 Å². The molecule has 0 aliphatic carbocycles. The van der Waals surface area contributed by atoms with E-state index in [9.17, 15) is 13.2 Å². The van der Waals surface area contributed by atoms with Crippen LogP contribution in [-0.4, -0.2) is 33.8 Å². The highest BCUT2D eigenvalue weighted by molar-refractivity contribution is 7.92. The molecule has 1 aromatic rings. The molecule has 0 bridgehead atoms. The van der Waals surface area contributed by atoms with Crippen LogP contribution in [-0.2, 0) is 19.6 Å². The van der Waals surface area contributed by atoms with E-state index in [0.717, 1.165) is 0 Å². The zero-order valence-electron chi connectivity index (χ0n) is 12.4. The number of rotatable bonds is 8. The molecule has 0 heterocycles. The SMILES string of the molecule is CCCN(c1ccccc1N)S(=O)(=O)CCCC(=O)OC. The van der Waals surface area contributed by atoms with Crippen molar-refractivity contribution in [3.05, 3.63) is 24.3 Å². The van der Waals surface area contributed by atoms with Crippen LogP contribution in [0.15, 0.2) is 24.3 Å². The van der Waals surface area contributed by atoms with E-state index in [2.05, 4.69) is 4.74 Å². The Labute approximate surface area is 125 Å². The Morgan fingerprint density at radius 3 is 2.57 bits per heavy atom. The van der Waals surface area contributed by atoms with E-state index in [-0.39, 0.29) is 18.6 Å². The quantitative estimate of drug-likeness (QED) is 0.583. The van der Waals surface area contributed by atoms with Gasteiger partial charge >= 0.3 is 5.97 Å². The summed E-state index contributed by atoms with van der Waals surface area (Å²) < 4.78 is 30.8. The summed E-state index contributed by atoms with van der Waals surface area (Å²) in [5.74, 6) is -0.525. The molecular weight excluding hydrogens is 292 g/mol. The zero-order valence-corrected chi connectivity index (χ0v) is 13.2. The number of hydrogen-bond donors (Lipinski definition) is 1. The van der Waals surface area contributed by atoms with Crippen molar-refractivity contribution in [1.82, 2.24) is 0 Å². The molecule has 0 unspecified atom stereocenters. The van der Waals surface area contributed by atoms with Gasteiger partial charge < -0.3 is 10.5 Å². The maximum absolute atomic E-state index is 12.5. The van der Waals surface area contributed by atoms with Crippen molar-refractivity contribution in [2.24, 2.45) is 0 Å². The number of carbonyl (C=O) groups excluding carboxylic acids is 1. The van der Waals surface area contributed by atoms with Gasteiger partial charge in [-0.2, -0.15) is 0 Å². The van der Waals surface area contributed by atoms with E-state index in [1.807, 2.05) is 6.92 Å². The number of hydrogen-bond acceptors (Lipinski definition) is 5. The molecule has 0 fully saturated rings. The Balaban J connectivity index is 2.89. The number of para-hydroxylation sites is 2. The lowest BCUT2D eigenvalue weighted by Crippen LogP contribution is -2.34. The van der Waals surface area contributed by atoms with Gasteiger partial charge in [0.25, 0.3) is 0 Å². The van der Waals surface area contributed by atoms with Crippen molar-refractivity contribution >= 4 is 27.4 Å². The molecule has 1 aromatic carbocycles. The van der Waals surface area contributed by atoms with Crippen LogP contribution in [0.2, 0.25) is 0 Å². The fourth-order valence-electron chi connectivity index (χ4n) is 1.94. The number of nitrogens with two attached hydrogens (primary N) is 1. The van der Waals surface area contributed by atoms with Gasteiger partial charge in [0.05, 0.1) is 24.2 Å². The zero-order chi connectivity index (χ0) is 15.9. The van der Waals surface area contributed by atoms with Crippen LogP contribution in [0, 0.1) is 0 Å². The van der Waals surface area contributed by atoms with Crippen LogP contribution in [0.25, 0.3) is 0 Å². The van der Waals surface area contributed by atoms with Crippen molar-refractivity contribution in [3.63, 3.8) is 0 Å². The highest BCUT2D eigenvalue weighted by atomic mass is 32.2. The first-order chi connectivity index (χ1) is 9.92. The first-order valence-corrected chi connectivity index (χ1v) is 8.45. The highest BCUT2D eigenvalue weighted by Gasteiger charge is 2.23. The molecular formula is C14H22N2O4S. The van der Waals surface area contributed by atoms with Crippen LogP contribution in [0.4, 0.5) is 11.4 Å². The van der Waals surface area contributed by atoms with Gasteiger partial charge in [0, 0.05) is 13.0 Å². The Morgan fingerprint density at radius 1 is 1.33 bits per heavy atom. The van der Waals surface area contributed by atoms with Crippen LogP contribution < -0.4 is 10.0 Å². The molecule has 0 saturated carbocycles. The Morgan fingerprint density at radius 2 is 2.00 bits per heavy atom. The molecule has 0 saturated heterocycles. The minimum atomic E-state index is -3.52. The lowest BCUT2D eigenvalue weighted by Gasteiger charge is -2.25.